The monoisotopic (exact) mass is 470 g/mol. The van der Waals surface area contributed by atoms with E-state index in [4.69, 9.17) is 11.5 Å². The van der Waals surface area contributed by atoms with Crippen LogP contribution in [0.2, 0.25) is 0 Å². The third-order valence-corrected chi connectivity index (χ3v) is 5.14. The second-order valence-corrected chi connectivity index (χ2v) is 7.72. The first-order valence-electron chi connectivity index (χ1n) is 10.9. The zero-order valence-electron chi connectivity index (χ0n) is 18.8. The molecule has 0 heterocycles. The highest BCUT2D eigenvalue weighted by molar-refractivity contribution is 5.86. The van der Waals surface area contributed by atoms with E-state index in [9.17, 15) is 24.8 Å². The Labute approximate surface area is 197 Å². The topological polar surface area (TPSA) is 177 Å². The third kappa shape index (κ3) is 9.15. The lowest BCUT2D eigenvalue weighted by Crippen LogP contribution is -2.47. The molecule has 0 fully saturated rings. The van der Waals surface area contributed by atoms with Crippen LogP contribution in [0.4, 0.5) is 0 Å². The number of primary amides is 1. The van der Waals surface area contributed by atoms with E-state index < -0.39 is 17.0 Å². The number of rotatable bonds is 13. The normalized spacial score (nSPS) is 12.1. The van der Waals surface area contributed by atoms with Crippen molar-refractivity contribution in [2.75, 3.05) is 6.54 Å². The van der Waals surface area contributed by atoms with Crippen LogP contribution in [0.3, 0.4) is 0 Å². The molecule has 6 N–H and O–H groups in total. The van der Waals surface area contributed by atoms with E-state index in [0.29, 0.717) is 12.8 Å². The van der Waals surface area contributed by atoms with Gasteiger partial charge in [-0.3, -0.25) is 9.59 Å². The zero-order valence-corrected chi connectivity index (χ0v) is 18.8. The lowest BCUT2D eigenvalue weighted by molar-refractivity contribution is -0.525. The highest BCUT2D eigenvalue weighted by atomic mass is 16.7. The number of nitrogens with two attached hydrogens (primary N) is 2. The highest BCUT2D eigenvalue weighted by Gasteiger charge is 2.27. The number of phenolic OH excluding ortho intramolecular Hbond substituents is 1. The first-order valence-corrected chi connectivity index (χ1v) is 10.9. The fourth-order valence-electron chi connectivity index (χ4n) is 3.47. The zero-order chi connectivity index (χ0) is 24.9. The van der Waals surface area contributed by atoms with Crippen LogP contribution >= 0.6 is 0 Å². The second-order valence-electron chi connectivity index (χ2n) is 7.72. The molecule has 11 nitrogen and oxygen atoms in total. The molecule has 2 aromatic carbocycles. The minimum absolute atomic E-state index is 0.0923. The molecule has 2 rings (SSSR count). The number of guanidine groups is 1. The van der Waals surface area contributed by atoms with Gasteiger partial charge in [0, 0.05) is 19.5 Å². The molecule has 0 aromatic heterocycles. The molecule has 1 atom stereocenters. The summed E-state index contributed by atoms with van der Waals surface area (Å²) in [5.41, 5.74) is 14.6. The van der Waals surface area contributed by atoms with E-state index in [-0.39, 0.29) is 43.5 Å². The Hall–Kier alpha value is -4.15. The minimum atomic E-state index is -0.891. The fraction of sp³-hybridized carbons (Fsp3) is 0.348. The standard InChI is InChI=1S/C23H30N6O5/c24-22(32)20(9-5-15-26-23(25)27-29(33)34)28(16-18-11-13-19(30)14-12-18)21(31)10-4-8-17-6-2-1-3-7-17/h1-3,6-7,11-14,20,30H,4-5,8-10,15-16H2,(H2,24,32)(H3,25,26,27)/t20-/m1/s1. The average Bonchev–Trinajstić information content (AvgIpc) is 2.79. The van der Waals surface area contributed by atoms with Crippen LogP contribution < -0.4 is 16.9 Å². The molecule has 0 unspecified atom stereocenters. The van der Waals surface area contributed by atoms with Crippen LogP contribution in [0.25, 0.3) is 0 Å². The Bertz CT molecular complexity index is 981. The summed E-state index contributed by atoms with van der Waals surface area (Å²) in [6.07, 6.45) is 2.10. The molecule has 0 aliphatic heterocycles. The maximum absolute atomic E-state index is 13.1. The van der Waals surface area contributed by atoms with E-state index in [2.05, 4.69) is 4.99 Å². The van der Waals surface area contributed by atoms with E-state index >= 15 is 0 Å². The molecule has 0 saturated heterocycles. The van der Waals surface area contributed by atoms with Crippen LogP contribution in [0.15, 0.2) is 59.6 Å². The Morgan fingerprint density at radius 1 is 1.06 bits per heavy atom. The summed E-state index contributed by atoms with van der Waals surface area (Å²) in [5, 5.41) is 19.1. The Kier molecular flexibility index (Phi) is 10.3. The van der Waals surface area contributed by atoms with Gasteiger partial charge in [-0.25, -0.2) is 15.1 Å². The number of benzene rings is 2. The molecule has 0 bridgehead atoms. The molecule has 0 aliphatic carbocycles. The quantitative estimate of drug-likeness (QED) is 0.113. The van der Waals surface area contributed by atoms with E-state index in [1.165, 1.54) is 17.0 Å². The van der Waals surface area contributed by atoms with Gasteiger partial charge in [0.2, 0.25) is 11.8 Å². The van der Waals surface area contributed by atoms with Crippen molar-refractivity contribution >= 4 is 17.8 Å². The number of phenols is 1. The number of aliphatic imine (C=N–C) groups is 1. The van der Waals surface area contributed by atoms with E-state index in [1.54, 1.807) is 17.6 Å². The van der Waals surface area contributed by atoms with Gasteiger partial charge < -0.3 is 21.5 Å². The predicted molar refractivity (Wildman–Crippen MR) is 127 cm³/mol. The smallest absolute Gasteiger partial charge is 0.251 e. The molecule has 34 heavy (non-hydrogen) atoms. The number of aromatic hydroxyl groups is 1. The van der Waals surface area contributed by atoms with Crippen molar-refractivity contribution in [1.29, 1.82) is 0 Å². The minimum Gasteiger partial charge on any atom is -0.508 e. The molecule has 11 heteroatoms. The van der Waals surface area contributed by atoms with Crippen LogP contribution in [-0.4, -0.2) is 45.4 Å². The van der Waals surface area contributed by atoms with Crippen molar-refractivity contribution < 1.29 is 19.7 Å². The Morgan fingerprint density at radius 2 is 1.74 bits per heavy atom. The number of hydrogen-bond donors (Lipinski definition) is 4. The Morgan fingerprint density at radius 3 is 2.35 bits per heavy atom. The molecule has 2 amide bonds. The molecule has 182 valence electrons. The van der Waals surface area contributed by atoms with Gasteiger partial charge in [-0.15, -0.1) is 0 Å². The molecule has 0 aliphatic rings. The fourth-order valence-corrected chi connectivity index (χ4v) is 3.47. The summed E-state index contributed by atoms with van der Waals surface area (Å²) in [7, 11) is 0. The number of nitrogens with zero attached hydrogens (tertiary/aromatic N) is 3. The number of carbonyl (C=O) groups is 2. The van der Waals surface area contributed by atoms with Crippen LogP contribution in [0.1, 0.15) is 36.8 Å². The Balaban J connectivity index is 2.08. The van der Waals surface area contributed by atoms with Crippen LogP contribution in [-0.2, 0) is 22.6 Å². The first kappa shape index (κ1) is 26.1. The summed E-state index contributed by atoms with van der Waals surface area (Å²) in [6.45, 7) is 0.262. The van der Waals surface area contributed by atoms with Gasteiger partial charge in [-0.05, 0) is 48.9 Å². The largest absolute Gasteiger partial charge is 0.508 e. The van der Waals surface area contributed by atoms with Crippen molar-refractivity contribution in [2.24, 2.45) is 16.5 Å². The maximum Gasteiger partial charge on any atom is 0.251 e. The highest BCUT2D eigenvalue weighted by Crippen LogP contribution is 2.18. The molecule has 0 saturated carbocycles. The summed E-state index contributed by atoms with van der Waals surface area (Å²) in [4.78, 5) is 41.1. The number of nitrogens with one attached hydrogen (secondary N) is 1. The second kappa shape index (κ2) is 13.4. The molecule has 2 aromatic rings. The predicted octanol–water partition coefficient (Wildman–Crippen LogP) is 1.47. The van der Waals surface area contributed by atoms with Gasteiger partial charge in [-0.1, -0.05) is 47.9 Å². The third-order valence-electron chi connectivity index (χ3n) is 5.14. The van der Waals surface area contributed by atoms with Gasteiger partial charge in [-0.2, -0.15) is 0 Å². The number of amides is 2. The van der Waals surface area contributed by atoms with Crippen molar-refractivity contribution in [1.82, 2.24) is 10.3 Å². The summed E-state index contributed by atoms with van der Waals surface area (Å²) >= 11 is 0. The van der Waals surface area contributed by atoms with E-state index in [0.717, 1.165) is 17.5 Å². The molecular formula is C23H30N6O5. The summed E-state index contributed by atoms with van der Waals surface area (Å²) in [5.74, 6) is -1.13. The van der Waals surface area contributed by atoms with Crippen molar-refractivity contribution in [3.63, 3.8) is 0 Å². The maximum atomic E-state index is 13.1. The van der Waals surface area contributed by atoms with Gasteiger partial charge in [0.15, 0.2) is 5.03 Å². The van der Waals surface area contributed by atoms with Crippen molar-refractivity contribution in [2.45, 2.75) is 44.7 Å². The number of hydrazine groups is 1. The SMILES string of the molecule is NC(=O)[C@@H](CCCN=C(N)N[N+](=O)[O-])N(Cc1ccc(O)cc1)C(=O)CCCc1ccccc1. The summed E-state index contributed by atoms with van der Waals surface area (Å²) in [6, 6.07) is 15.3. The van der Waals surface area contributed by atoms with Gasteiger partial charge >= 0.3 is 0 Å². The number of aryl methyl sites for hydroxylation is 1. The molecule has 0 radical (unpaired) electrons. The van der Waals surface area contributed by atoms with Gasteiger partial charge in [0.1, 0.15) is 11.8 Å². The van der Waals surface area contributed by atoms with Crippen molar-refractivity contribution in [3.8, 4) is 5.75 Å². The first-order chi connectivity index (χ1) is 16.3. The molecule has 0 spiro atoms. The van der Waals surface area contributed by atoms with Gasteiger partial charge in [0.25, 0.3) is 5.96 Å². The average molecular weight is 471 g/mol. The van der Waals surface area contributed by atoms with Crippen LogP contribution in [0, 0.1) is 10.1 Å². The number of hydrogen-bond acceptors (Lipinski definition) is 6. The van der Waals surface area contributed by atoms with Crippen LogP contribution in [0.5, 0.6) is 5.75 Å². The molecular weight excluding hydrogens is 440 g/mol. The lowest BCUT2D eigenvalue weighted by Gasteiger charge is -2.30. The number of nitro groups is 1. The number of carbonyl (C=O) groups excluding carboxylic acids is 2. The lowest BCUT2D eigenvalue weighted by atomic mass is 10.0. The van der Waals surface area contributed by atoms with Crippen molar-refractivity contribution in [3.05, 3.63) is 75.8 Å². The van der Waals surface area contributed by atoms with E-state index in [1.807, 2.05) is 30.3 Å². The summed E-state index contributed by atoms with van der Waals surface area (Å²) < 4.78 is 0. The van der Waals surface area contributed by atoms with Gasteiger partial charge in [0.05, 0.1) is 0 Å².